The smallest absolute Gasteiger partial charge is 0.330 e. The molecule has 0 amide bonds. The molecule has 4 heteroatoms. The van der Waals surface area contributed by atoms with Gasteiger partial charge in [0.15, 0.2) is 0 Å². The van der Waals surface area contributed by atoms with Crippen molar-refractivity contribution in [1.82, 2.24) is 0 Å². The maximum Gasteiger partial charge on any atom is 0.330 e. The van der Waals surface area contributed by atoms with E-state index in [-0.39, 0.29) is 5.97 Å². The summed E-state index contributed by atoms with van der Waals surface area (Å²) in [6.45, 7) is 4.57. The Bertz CT molecular complexity index is 813. The fourth-order valence-corrected chi connectivity index (χ4v) is 2.02. The highest BCUT2D eigenvalue weighted by molar-refractivity contribution is 5.87. The molecule has 0 aliphatic heterocycles. The van der Waals surface area contributed by atoms with Crippen molar-refractivity contribution >= 4 is 23.9 Å². The number of nitrogens with zero attached hydrogens (tertiary/aromatic N) is 2. The van der Waals surface area contributed by atoms with Crippen LogP contribution in [0.2, 0.25) is 0 Å². The van der Waals surface area contributed by atoms with Gasteiger partial charge in [-0.15, -0.1) is 0 Å². The molecule has 0 N–H and O–H groups in total. The number of rotatable bonds is 7. The molecule has 0 aliphatic carbocycles. The Balaban J connectivity index is 1.91. The molecule has 0 bridgehead atoms. The number of carbonyl (C=O) groups is 1. The van der Waals surface area contributed by atoms with Crippen LogP contribution in [0.1, 0.15) is 37.0 Å². The third-order valence-electron chi connectivity index (χ3n) is 3.91. The van der Waals surface area contributed by atoms with Crippen LogP contribution in [-0.4, -0.2) is 18.8 Å². The van der Waals surface area contributed by atoms with E-state index in [1.165, 1.54) is 6.08 Å². The molecule has 1 atom stereocenters. The Morgan fingerprint density at radius 1 is 1.15 bits per heavy atom. The number of esters is 1. The standard InChI is InChI=1S/C22H22N2O2/c1-3-17(2)16-26-22(25)13-10-18-8-11-21(12-9-18)24-15-20-6-4-19(14-23)5-7-20/h4-13,15,17H,3,16H2,1-2H3. The summed E-state index contributed by atoms with van der Waals surface area (Å²) >= 11 is 0. The van der Waals surface area contributed by atoms with Crippen molar-refractivity contribution in [2.75, 3.05) is 6.61 Å². The fourth-order valence-electron chi connectivity index (χ4n) is 2.02. The van der Waals surface area contributed by atoms with Crippen LogP contribution in [0.15, 0.2) is 59.6 Å². The van der Waals surface area contributed by atoms with Gasteiger partial charge in [0.05, 0.1) is 23.9 Å². The first kappa shape index (κ1) is 19.1. The van der Waals surface area contributed by atoms with E-state index in [0.29, 0.717) is 18.1 Å². The molecule has 4 nitrogen and oxygen atoms in total. The second kappa shape index (κ2) is 9.95. The van der Waals surface area contributed by atoms with Crippen LogP contribution in [0, 0.1) is 17.2 Å². The molecule has 0 saturated heterocycles. The zero-order valence-electron chi connectivity index (χ0n) is 15.1. The Morgan fingerprint density at radius 3 is 2.42 bits per heavy atom. The second-order valence-electron chi connectivity index (χ2n) is 6.06. The zero-order valence-corrected chi connectivity index (χ0v) is 15.1. The number of hydrogen-bond acceptors (Lipinski definition) is 4. The number of nitriles is 1. The lowest BCUT2D eigenvalue weighted by molar-refractivity contribution is -0.138. The first-order valence-electron chi connectivity index (χ1n) is 8.60. The van der Waals surface area contributed by atoms with Crippen molar-refractivity contribution in [2.45, 2.75) is 20.3 Å². The number of aliphatic imine (C=N–C) groups is 1. The van der Waals surface area contributed by atoms with Crippen molar-refractivity contribution < 1.29 is 9.53 Å². The maximum absolute atomic E-state index is 11.7. The quantitative estimate of drug-likeness (QED) is 0.406. The van der Waals surface area contributed by atoms with Crippen LogP contribution >= 0.6 is 0 Å². The highest BCUT2D eigenvalue weighted by atomic mass is 16.5. The largest absolute Gasteiger partial charge is 0.462 e. The molecule has 1 unspecified atom stereocenters. The third kappa shape index (κ3) is 6.37. The molecule has 0 aromatic heterocycles. The molecule has 0 heterocycles. The third-order valence-corrected chi connectivity index (χ3v) is 3.91. The van der Waals surface area contributed by atoms with Gasteiger partial charge in [0, 0.05) is 12.3 Å². The minimum atomic E-state index is -0.326. The Morgan fingerprint density at radius 2 is 1.81 bits per heavy atom. The topological polar surface area (TPSA) is 62.4 Å². The van der Waals surface area contributed by atoms with E-state index in [2.05, 4.69) is 18.0 Å². The van der Waals surface area contributed by atoms with Gasteiger partial charge in [0.25, 0.3) is 0 Å². The average molecular weight is 346 g/mol. The fraction of sp³-hybridized carbons (Fsp3) is 0.227. The number of benzene rings is 2. The van der Waals surface area contributed by atoms with Gasteiger partial charge in [0.2, 0.25) is 0 Å². The lowest BCUT2D eigenvalue weighted by atomic mass is 10.1. The van der Waals surface area contributed by atoms with E-state index in [0.717, 1.165) is 23.2 Å². The number of carbonyl (C=O) groups excluding carboxylic acids is 1. The van der Waals surface area contributed by atoms with Crippen LogP contribution in [0.3, 0.4) is 0 Å². The Labute approximate surface area is 154 Å². The highest BCUT2D eigenvalue weighted by Crippen LogP contribution is 2.14. The second-order valence-corrected chi connectivity index (χ2v) is 6.06. The van der Waals surface area contributed by atoms with Gasteiger partial charge >= 0.3 is 5.97 Å². The molecular formula is C22H22N2O2. The van der Waals surface area contributed by atoms with Crippen molar-refractivity contribution in [3.8, 4) is 6.07 Å². The molecule has 26 heavy (non-hydrogen) atoms. The summed E-state index contributed by atoms with van der Waals surface area (Å²) in [6, 6.07) is 16.9. The molecule has 2 aromatic carbocycles. The predicted molar refractivity (Wildman–Crippen MR) is 104 cm³/mol. The number of ether oxygens (including phenoxy) is 1. The molecule has 0 fully saturated rings. The number of hydrogen-bond donors (Lipinski definition) is 0. The maximum atomic E-state index is 11.7. The minimum absolute atomic E-state index is 0.326. The van der Waals surface area contributed by atoms with Gasteiger partial charge in [-0.05, 0) is 47.4 Å². The van der Waals surface area contributed by atoms with E-state index in [1.54, 1.807) is 24.4 Å². The molecule has 0 radical (unpaired) electrons. The lowest BCUT2D eigenvalue weighted by Gasteiger charge is -2.07. The normalized spacial score (nSPS) is 12.2. The lowest BCUT2D eigenvalue weighted by Crippen LogP contribution is -2.08. The first-order valence-corrected chi connectivity index (χ1v) is 8.60. The first-order chi connectivity index (χ1) is 12.6. The van der Waals surface area contributed by atoms with Gasteiger partial charge in [-0.3, -0.25) is 4.99 Å². The molecule has 0 saturated carbocycles. The van der Waals surface area contributed by atoms with Gasteiger partial charge < -0.3 is 4.74 Å². The van der Waals surface area contributed by atoms with E-state index in [9.17, 15) is 4.79 Å². The van der Waals surface area contributed by atoms with E-state index in [1.807, 2.05) is 43.3 Å². The van der Waals surface area contributed by atoms with Crippen molar-refractivity contribution in [3.63, 3.8) is 0 Å². The van der Waals surface area contributed by atoms with Crippen LogP contribution in [0.5, 0.6) is 0 Å². The summed E-state index contributed by atoms with van der Waals surface area (Å²) in [7, 11) is 0. The van der Waals surface area contributed by atoms with E-state index >= 15 is 0 Å². The van der Waals surface area contributed by atoms with Crippen LogP contribution < -0.4 is 0 Å². The average Bonchev–Trinajstić information content (AvgIpc) is 2.70. The summed E-state index contributed by atoms with van der Waals surface area (Å²) < 4.78 is 5.17. The van der Waals surface area contributed by atoms with Gasteiger partial charge in [-0.1, -0.05) is 44.5 Å². The Hall–Kier alpha value is -3.19. The summed E-state index contributed by atoms with van der Waals surface area (Å²) in [5.41, 5.74) is 3.27. The highest BCUT2D eigenvalue weighted by Gasteiger charge is 2.02. The molecule has 132 valence electrons. The van der Waals surface area contributed by atoms with Crippen molar-refractivity contribution in [1.29, 1.82) is 5.26 Å². The van der Waals surface area contributed by atoms with Crippen molar-refractivity contribution in [3.05, 3.63) is 71.3 Å². The SMILES string of the molecule is CCC(C)COC(=O)C=Cc1ccc(N=Cc2ccc(C#N)cc2)cc1. The van der Waals surface area contributed by atoms with Crippen LogP contribution in [-0.2, 0) is 9.53 Å². The molecule has 2 rings (SSSR count). The molecule has 0 aliphatic rings. The monoisotopic (exact) mass is 346 g/mol. The van der Waals surface area contributed by atoms with E-state index < -0.39 is 0 Å². The van der Waals surface area contributed by atoms with Crippen LogP contribution in [0.4, 0.5) is 5.69 Å². The minimum Gasteiger partial charge on any atom is -0.462 e. The summed E-state index contributed by atoms with van der Waals surface area (Å²) in [6.07, 6.45) is 5.91. The zero-order chi connectivity index (χ0) is 18.8. The molecule has 2 aromatic rings. The summed E-state index contributed by atoms with van der Waals surface area (Å²) in [4.78, 5) is 16.1. The predicted octanol–water partition coefficient (Wildman–Crippen LogP) is 4.91. The van der Waals surface area contributed by atoms with Gasteiger partial charge in [-0.2, -0.15) is 5.26 Å². The summed E-state index contributed by atoms with van der Waals surface area (Å²) in [5.74, 6) is 0.0498. The molecular weight excluding hydrogens is 324 g/mol. The van der Waals surface area contributed by atoms with Gasteiger partial charge in [0.1, 0.15) is 0 Å². The summed E-state index contributed by atoms with van der Waals surface area (Å²) in [5, 5.41) is 8.79. The van der Waals surface area contributed by atoms with E-state index in [4.69, 9.17) is 10.00 Å². The molecule has 0 spiro atoms. The Kier molecular flexibility index (Phi) is 7.32. The van der Waals surface area contributed by atoms with Gasteiger partial charge in [-0.25, -0.2) is 4.79 Å². The van der Waals surface area contributed by atoms with Crippen LogP contribution in [0.25, 0.3) is 6.08 Å². The van der Waals surface area contributed by atoms with Crippen molar-refractivity contribution in [2.24, 2.45) is 10.9 Å².